The summed E-state index contributed by atoms with van der Waals surface area (Å²) in [4.78, 5) is 20.4. The third-order valence-corrected chi connectivity index (χ3v) is 4.33. The molecular formula is C21H17N3O. The minimum absolute atomic E-state index is 0.0613. The summed E-state index contributed by atoms with van der Waals surface area (Å²) in [5, 5.41) is 0. The van der Waals surface area contributed by atoms with Crippen LogP contribution in [0.25, 0.3) is 28.2 Å². The van der Waals surface area contributed by atoms with E-state index in [1.165, 1.54) is 5.56 Å². The molecule has 0 radical (unpaired) electrons. The minimum atomic E-state index is 0.0613. The van der Waals surface area contributed by atoms with E-state index >= 15 is 0 Å². The Morgan fingerprint density at radius 3 is 2.24 bits per heavy atom. The third kappa shape index (κ3) is 2.83. The summed E-state index contributed by atoms with van der Waals surface area (Å²) in [6.07, 6.45) is 5.62. The highest BCUT2D eigenvalue weighted by Crippen LogP contribution is 2.24. The molecule has 0 saturated heterocycles. The van der Waals surface area contributed by atoms with Gasteiger partial charge in [0, 0.05) is 22.9 Å². The fourth-order valence-corrected chi connectivity index (χ4v) is 2.85. The second kappa shape index (κ2) is 5.98. The lowest BCUT2D eigenvalue weighted by molar-refractivity contribution is 0.101. The first kappa shape index (κ1) is 15.3. The SMILES string of the molecule is CC(=O)c1ccc(-c2cn3c(-c4ccc(C)cc4)cnc3cn2)cc1. The van der Waals surface area contributed by atoms with Crippen molar-refractivity contribution in [3.63, 3.8) is 0 Å². The van der Waals surface area contributed by atoms with E-state index in [1.54, 1.807) is 13.1 Å². The van der Waals surface area contributed by atoms with Crippen molar-refractivity contribution in [1.82, 2.24) is 14.4 Å². The Bertz CT molecular complexity index is 1060. The highest BCUT2D eigenvalue weighted by molar-refractivity contribution is 5.94. The number of imidazole rings is 1. The number of ketones is 1. The summed E-state index contributed by atoms with van der Waals surface area (Å²) < 4.78 is 2.05. The molecule has 4 aromatic rings. The van der Waals surface area contributed by atoms with Crippen molar-refractivity contribution in [3.05, 3.63) is 78.2 Å². The van der Waals surface area contributed by atoms with Gasteiger partial charge in [0.25, 0.3) is 0 Å². The molecule has 0 aliphatic carbocycles. The second-order valence-electron chi connectivity index (χ2n) is 6.14. The summed E-state index contributed by atoms with van der Waals surface area (Å²) >= 11 is 0. The van der Waals surface area contributed by atoms with Crippen molar-refractivity contribution in [2.45, 2.75) is 13.8 Å². The maximum Gasteiger partial charge on any atom is 0.159 e. The fraction of sp³-hybridized carbons (Fsp3) is 0.0952. The predicted octanol–water partition coefficient (Wildman–Crippen LogP) is 4.57. The van der Waals surface area contributed by atoms with E-state index in [0.717, 1.165) is 28.2 Å². The van der Waals surface area contributed by atoms with Crippen molar-refractivity contribution >= 4 is 11.4 Å². The summed E-state index contributed by atoms with van der Waals surface area (Å²) in [6, 6.07) is 15.9. The topological polar surface area (TPSA) is 47.3 Å². The molecule has 4 heteroatoms. The van der Waals surface area contributed by atoms with Gasteiger partial charge >= 0.3 is 0 Å². The van der Waals surface area contributed by atoms with Crippen LogP contribution in [0.5, 0.6) is 0 Å². The molecule has 0 spiro atoms. The first-order valence-electron chi connectivity index (χ1n) is 8.13. The van der Waals surface area contributed by atoms with E-state index < -0.39 is 0 Å². The molecule has 2 aromatic heterocycles. The molecular weight excluding hydrogens is 310 g/mol. The van der Waals surface area contributed by atoms with Crippen LogP contribution in [0, 0.1) is 6.92 Å². The Labute approximate surface area is 145 Å². The van der Waals surface area contributed by atoms with Crippen LogP contribution in [-0.4, -0.2) is 20.2 Å². The summed E-state index contributed by atoms with van der Waals surface area (Å²) in [5.74, 6) is 0.0613. The molecule has 25 heavy (non-hydrogen) atoms. The molecule has 0 aliphatic rings. The number of Topliss-reactive ketones (excluding diaryl/α,β-unsaturated/α-hetero) is 1. The molecule has 2 heterocycles. The monoisotopic (exact) mass is 327 g/mol. The van der Waals surface area contributed by atoms with Gasteiger partial charge in [0.2, 0.25) is 0 Å². The highest BCUT2D eigenvalue weighted by atomic mass is 16.1. The van der Waals surface area contributed by atoms with Gasteiger partial charge in [-0.15, -0.1) is 0 Å². The smallest absolute Gasteiger partial charge is 0.159 e. The number of aryl methyl sites for hydroxylation is 1. The number of fused-ring (bicyclic) bond motifs is 1. The van der Waals surface area contributed by atoms with E-state index in [0.29, 0.717) is 5.56 Å². The van der Waals surface area contributed by atoms with Gasteiger partial charge in [-0.2, -0.15) is 0 Å². The van der Waals surface area contributed by atoms with Crippen molar-refractivity contribution in [3.8, 4) is 22.5 Å². The standard InChI is InChI=1S/C21H17N3O/c1-14-3-5-18(6-4-14)20-11-23-21-12-22-19(13-24(20)21)17-9-7-16(8-10-17)15(2)25/h3-13H,1-2H3. The van der Waals surface area contributed by atoms with Gasteiger partial charge in [0.05, 0.1) is 23.8 Å². The Kier molecular flexibility index (Phi) is 3.65. The van der Waals surface area contributed by atoms with Gasteiger partial charge in [-0.25, -0.2) is 4.98 Å². The molecule has 0 saturated carbocycles. The predicted molar refractivity (Wildman–Crippen MR) is 98.6 cm³/mol. The number of benzene rings is 2. The lowest BCUT2D eigenvalue weighted by Gasteiger charge is -2.06. The summed E-state index contributed by atoms with van der Waals surface area (Å²) in [6.45, 7) is 3.64. The molecule has 4 nitrogen and oxygen atoms in total. The van der Waals surface area contributed by atoms with Gasteiger partial charge < -0.3 is 0 Å². The molecule has 0 amide bonds. The maximum atomic E-state index is 11.4. The van der Waals surface area contributed by atoms with E-state index in [2.05, 4.69) is 41.2 Å². The normalized spacial score (nSPS) is 11.0. The van der Waals surface area contributed by atoms with Crippen molar-refractivity contribution in [1.29, 1.82) is 0 Å². The van der Waals surface area contributed by atoms with Crippen LogP contribution in [0.15, 0.2) is 67.1 Å². The van der Waals surface area contributed by atoms with E-state index in [4.69, 9.17) is 0 Å². The zero-order valence-electron chi connectivity index (χ0n) is 14.1. The molecule has 0 aliphatic heterocycles. The van der Waals surface area contributed by atoms with Crippen LogP contribution >= 0.6 is 0 Å². The molecule has 2 aromatic carbocycles. The van der Waals surface area contributed by atoms with Gasteiger partial charge in [-0.1, -0.05) is 54.1 Å². The second-order valence-corrected chi connectivity index (χ2v) is 6.14. The number of nitrogens with zero attached hydrogens (tertiary/aromatic N) is 3. The maximum absolute atomic E-state index is 11.4. The van der Waals surface area contributed by atoms with E-state index in [9.17, 15) is 4.79 Å². The minimum Gasteiger partial charge on any atom is -0.296 e. The number of hydrogen-bond donors (Lipinski definition) is 0. The molecule has 0 unspecified atom stereocenters. The molecule has 0 fully saturated rings. The van der Waals surface area contributed by atoms with Crippen molar-refractivity contribution in [2.75, 3.05) is 0 Å². The van der Waals surface area contributed by atoms with E-state index in [1.807, 2.05) is 41.1 Å². The number of hydrogen-bond acceptors (Lipinski definition) is 3. The third-order valence-electron chi connectivity index (χ3n) is 4.33. The first-order valence-corrected chi connectivity index (χ1v) is 8.13. The largest absolute Gasteiger partial charge is 0.296 e. The molecule has 0 N–H and O–H groups in total. The van der Waals surface area contributed by atoms with Crippen LogP contribution in [0.1, 0.15) is 22.8 Å². The Hall–Kier alpha value is -3.27. The van der Waals surface area contributed by atoms with E-state index in [-0.39, 0.29) is 5.78 Å². The summed E-state index contributed by atoms with van der Waals surface area (Å²) in [5.41, 5.74) is 6.68. The zero-order valence-corrected chi connectivity index (χ0v) is 14.1. The first-order chi connectivity index (χ1) is 12.1. The van der Waals surface area contributed by atoms with Gasteiger partial charge in [0.1, 0.15) is 0 Å². The number of carbonyl (C=O) groups excluding carboxylic acids is 1. The average Bonchev–Trinajstić information content (AvgIpc) is 3.05. The van der Waals surface area contributed by atoms with Gasteiger partial charge in [0.15, 0.2) is 11.4 Å². The average molecular weight is 327 g/mol. The lowest BCUT2D eigenvalue weighted by atomic mass is 10.1. The Balaban J connectivity index is 1.80. The Morgan fingerprint density at radius 1 is 0.880 bits per heavy atom. The molecule has 122 valence electrons. The van der Waals surface area contributed by atoms with Gasteiger partial charge in [-0.05, 0) is 13.8 Å². The fourth-order valence-electron chi connectivity index (χ4n) is 2.85. The number of aromatic nitrogens is 3. The van der Waals surface area contributed by atoms with Gasteiger partial charge in [-0.3, -0.25) is 14.2 Å². The van der Waals surface area contributed by atoms with Crippen LogP contribution in [0.2, 0.25) is 0 Å². The lowest BCUT2D eigenvalue weighted by Crippen LogP contribution is -1.94. The molecule has 0 bridgehead atoms. The van der Waals surface area contributed by atoms with Crippen molar-refractivity contribution in [2.24, 2.45) is 0 Å². The van der Waals surface area contributed by atoms with Crippen LogP contribution in [-0.2, 0) is 0 Å². The summed E-state index contributed by atoms with van der Waals surface area (Å²) in [7, 11) is 0. The molecule has 0 atom stereocenters. The van der Waals surface area contributed by atoms with Crippen LogP contribution in [0.3, 0.4) is 0 Å². The quantitative estimate of drug-likeness (QED) is 0.518. The molecule has 4 rings (SSSR count). The number of rotatable bonds is 3. The van der Waals surface area contributed by atoms with Crippen molar-refractivity contribution < 1.29 is 4.79 Å². The highest BCUT2D eigenvalue weighted by Gasteiger charge is 2.09. The zero-order chi connectivity index (χ0) is 17.4. The van der Waals surface area contributed by atoms with Crippen LogP contribution < -0.4 is 0 Å². The van der Waals surface area contributed by atoms with Crippen LogP contribution in [0.4, 0.5) is 0 Å². The number of carbonyl (C=O) groups is 1. The Morgan fingerprint density at radius 2 is 1.56 bits per heavy atom.